The molecule has 1 aliphatic carbocycles. The van der Waals surface area contributed by atoms with Gasteiger partial charge in [0, 0.05) is 51.3 Å². The first kappa shape index (κ1) is 26.1. The molecule has 0 atom stereocenters. The summed E-state index contributed by atoms with van der Waals surface area (Å²) in [6, 6.07) is 12.5. The number of ketones is 2. The van der Waals surface area contributed by atoms with Gasteiger partial charge in [0.05, 0.1) is 18.8 Å². The van der Waals surface area contributed by atoms with Gasteiger partial charge in [-0.25, -0.2) is 4.99 Å². The van der Waals surface area contributed by atoms with Gasteiger partial charge in [0.1, 0.15) is 0 Å². The third-order valence-electron chi connectivity index (χ3n) is 6.40. The molecule has 2 aromatic carbocycles. The van der Waals surface area contributed by atoms with Crippen LogP contribution in [0.25, 0.3) is 11.1 Å². The molecule has 0 N–H and O–H groups in total. The summed E-state index contributed by atoms with van der Waals surface area (Å²) in [5, 5.41) is 0.750. The summed E-state index contributed by atoms with van der Waals surface area (Å²) < 4.78 is 39.7. The third-order valence-corrected chi connectivity index (χ3v) is 6.96. The van der Waals surface area contributed by atoms with E-state index in [0.29, 0.717) is 50.0 Å². The van der Waals surface area contributed by atoms with E-state index < -0.39 is 17.6 Å². The maximum atomic E-state index is 13.1. The highest BCUT2D eigenvalue weighted by Crippen LogP contribution is 2.36. The molecule has 0 saturated carbocycles. The number of aromatic nitrogens is 1. The lowest BCUT2D eigenvalue weighted by molar-refractivity contribution is -0.119. The minimum absolute atomic E-state index is 0.00586. The average molecular weight is 560 g/mol. The van der Waals surface area contributed by atoms with E-state index in [9.17, 15) is 27.6 Å². The van der Waals surface area contributed by atoms with Crippen molar-refractivity contribution in [3.63, 3.8) is 0 Å². The van der Waals surface area contributed by atoms with Crippen molar-refractivity contribution in [2.45, 2.75) is 32.0 Å². The van der Waals surface area contributed by atoms with Crippen molar-refractivity contribution >= 4 is 46.3 Å². The number of pyridine rings is 1. The van der Waals surface area contributed by atoms with Gasteiger partial charge < -0.3 is 4.57 Å². The van der Waals surface area contributed by atoms with Gasteiger partial charge in [-0.1, -0.05) is 47.5 Å². The van der Waals surface area contributed by atoms with Gasteiger partial charge in [0.2, 0.25) is 5.84 Å². The monoisotopic (exact) mass is 559 g/mol. The number of rotatable bonds is 6. The van der Waals surface area contributed by atoms with Gasteiger partial charge >= 0.3 is 6.18 Å². The Morgan fingerprint density at radius 1 is 0.974 bits per heavy atom. The zero-order chi connectivity index (χ0) is 27.2. The van der Waals surface area contributed by atoms with Crippen molar-refractivity contribution in [2.75, 3.05) is 6.54 Å². The second-order valence-electron chi connectivity index (χ2n) is 8.96. The van der Waals surface area contributed by atoms with Crippen LogP contribution in [0, 0.1) is 0 Å². The van der Waals surface area contributed by atoms with Gasteiger partial charge in [-0.2, -0.15) is 13.2 Å². The van der Waals surface area contributed by atoms with E-state index in [1.165, 1.54) is 10.6 Å². The number of Topliss-reactive ketones (excluding diaryl/α,β-unsaturated/α-hetero) is 2. The van der Waals surface area contributed by atoms with E-state index in [2.05, 4.69) is 9.98 Å². The zero-order valence-electron chi connectivity index (χ0n) is 19.6. The molecule has 0 radical (unpaired) electrons. The normalized spacial score (nSPS) is 14.9. The molecule has 5 rings (SSSR count). The Balaban J connectivity index is 1.36. The molecule has 11 heteroatoms. The first-order chi connectivity index (χ1) is 18.0. The number of aliphatic imine (C=N–C) groups is 2. The van der Waals surface area contributed by atoms with Gasteiger partial charge in [-0.3, -0.25) is 19.4 Å². The first-order valence-corrected chi connectivity index (χ1v) is 12.3. The maximum absolute atomic E-state index is 13.1. The Morgan fingerprint density at radius 2 is 1.71 bits per heavy atom. The van der Waals surface area contributed by atoms with Crippen molar-refractivity contribution in [2.24, 2.45) is 9.98 Å². The van der Waals surface area contributed by atoms with Gasteiger partial charge in [-0.15, -0.1) is 0 Å². The second kappa shape index (κ2) is 9.96. The molecule has 0 spiro atoms. The number of nitrogens with zero attached hydrogens (tertiary/aromatic N) is 3. The van der Waals surface area contributed by atoms with Crippen LogP contribution in [0.1, 0.15) is 33.6 Å². The highest BCUT2D eigenvalue weighted by molar-refractivity contribution is 6.35. The molecule has 1 aliphatic heterocycles. The summed E-state index contributed by atoms with van der Waals surface area (Å²) in [5.74, 6) is -1.57. The fraction of sp³-hybridized carbons (Fsp3) is 0.222. The number of halogens is 5. The average Bonchev–Trinajstić information content (AvgIpc) is 3.51. The lowest BCUT2D eigenvalue weighted by Crippen LogP contribution is -2.28. The van der Waals surface area contributed by atoms with E-state index in [1.807, 2.05) is 0 Å². The Kier molecular flexibility index (Phi) is 6.83. The number of carbonyl (C=O) groups is 2. The fourth-order valence-electron chi connectivity index (χ4n) is 4.65. The van der Waals surface area contributed by atoms with E-state index in [0.717, 1.165) is 0 Å². The Morgan fingerprint density at radius 3 is 2.39 bits per heavy atom. The number of hydrogen-bond acceptors (Lipinski definition) is 5. The van der Waals surface area contributed by atoms with E-state index >= 15 is 0 Å². The molecule has 0 unspecified atom stereocenters. The van der Waals surface area contributed by atoms with Crippen LogP contribution in [0.4, 0.5) is 13.2 Å². The quantitative estimate of drug-likeness (QED) is 0.398. The van der Waals surface area contributed by atoms with Crippen molar-refractivity contribution in [1.82, 2.24) is 4.57 Å². The summed E-state index contributed by atoms with van der Waals surface area (Å²) in [6.07, 6.45) is -4.07. The maximum Gasteiger partial charge on any atom is 0.451 e. The smallest absolute Gasteiger partial charge is 0.304 e. The molecular weight excluding hydrogens is 542 g/mol. The lowest BCUT2D eigenvalue weighted by Gasteiger charge is -2.15. The summed E-state index contributed by atoms with van der Waals surface area (Å²) >= 11 is 12.4. The largest absolute Gasteiger partial charge is 0.451 e. The first-order valence-electron chi connectivity index (χ1n) is 11.6. The van der Waals surface area contributed by atoms with Crippen LogP contribution in [0.15, 0.2) is 63.3 Å². The fourth-order valence-corrected chi connectivity index (χ4v) is 5.04. The van der Waals surface area contributed by atoms with Crippen molar-refractivity contribution in [3.05, 3.63) is 91.3 Å². The number of benzene rings is 2. The van der Waals surface area contributed by atoms with Crippen LogP contribution in [-0.2, 0) is 24.2 Å². The Hall–Kier alpha value is -3.56. The molecule has 3 aromatic rings. The number of carbonyl (C=O) groups excluding carboxylic acids is 2. The van der Waals surface area contributed by atoms with Crippen molar-refractivity contribution in [3.8, 4) is 11.1 Å². The molecule has 0 saturated heterocycles. The predicted molar refractivity (Wildman–Crippen MR) is 139 cm³/mol. The molecular formula is C27H18Cl2F3N3O3. The predicted octanol–water partition coefficient (Wildman–Crippen LogP) is 5.53. The van der Waals surface area contributed by atoms with E-state index in [4.69, 9.17) is 23.2 Å². The molecule has 0 bridgehead atoms. The van der Waals surface area contributed by atoms with Gasteiger partial charge in [0.25, 0.3) is 5.56 Å². The van der Waals surface area contributed by atoms with Gasteiger partial charge in [0.15, 0.2) is 11.6 Å². The minimum atomic E-state index is -4.60. The van der Waals surface area contributed by atoms with E-state index in [1.54, 1.807) is 42.5 Å². The number of alkyl halides is 3. The SMILES string of the molecule is O=C(Cc1ccc(C2=NC(C(F)(F)F)=NC2)cc1)Cn1c2c(c(-c3cc(Cl)ccc3Cl)cc1=O)C(=O)CC2. The molecule has 0 fully saturated rings. The molecule has 2 aliphatic rings. The highest BCUT2D eigenvalue weighted by Gasteiger charge is 2.38. The van der Waals surface area contributed by atoms with Crippen LogP contribution in [-0.4, -0.2) is 40.4 Å². The molecule has 194 valence electrons. The van der Waals surface area contributed by atoms with Crippen LogP contribution in [0.2, 0.25) is 10.0 Å². The molecule has 0 amide bonds. The Labute approximate surface area is 224 Å². The molecule has 38 heavy (non-hydrogen) atoms. The summed E-state index contributed by atoms with van der Waals surface area (Å²) in [7, 11) is 0. The van der Waals surface area contributed by atoms with Crippen molar-refractivity contribution < 1.29 is 22.8 Å². The number of fused-ring (bicyclic) bond motifs is 1. The standard InChI is InChI=1S/C27H18Cl2F3N3O3/c28-16-5-6-20(29)18(10-16)19-11-24(38)35(22-7-8-23(37)25(19)22)13-17(36)9-14-1-3-15(4-2-14)21-12-33-26(34-21)27(30,31)32/h1-6,10-11H,7-9,12-13H2. The number of hydrogen-bond donors (Lipinski definition) is 0. The van der Waals surface area contributed by atoms with Crippen LogP contribution >= 0.6 is 23.2 Å². The zero-order valence-corrected chi connectivity index (χ0v) is 21.1. The summed E-state index contributed by atoms with van der Waals surface area (Å²) in [4.78, 5) is 45.7. The van der Waals surface area contributed by atoms with Gasteiger partial charge in [-0.05, 0) is 35.7 Å². The van der Waals surface area contributed by atoms with Crippen LogP contribution < -0.4 is 5.56 Å². The molecule has 1 aromatic heterocycles. The number of amidine groups is 1. The molecule has 2 heterocycles. The topological polar surface area (TPSA) is 80.9 Å². The Bertz CT molecular complexity index is 1610. The van der Waals surface area contributed by atoms with Crippen molar-refractivity contribution in [1.29, 1.82) is 0 Å². The highest BCUT2D eigenvalue weighted by atomic mass is 35.5. The summed E-state index contributed by atoms with van der Waals surface area (Å²) in [5.41, 5.74) is 2.58. The molecule has 6 nitrogen and oxygen atoms in total. The lowest BCUT2D eigenvalue weighted by atomic mass is 9.98. The third kappa shape index (κ3) is 5.08. The minimum Gasteiger partial charge on any atom is -0.304 e. The van der Waals surface area contributed by atoms with E-state index in [-0.39, 0.29) is 43.2 Å². The van der Waals surface area contributed by atoms with Crippen LogP contribution in [0.5, 0.6) is 0 Å². The second-order valence-corrected chi connectivity index (χ2v) is 9.80. The summed E-state index contributed by atoms with van der Waals surface area (Å²) in [6.45, 7) is -0.397. The van der Waals surface area contributed by atoms with Crippen LogP contribution in [0.3, 0.4) is 0 Å².